The molecule has 0 unspecified atom stereocenters. The third-order valence-corrected chi connectivity index (χ3v) is 3.96. The van der Waals surface area contributed by atoms with Gasteiger partial charge in [-0.05, 0) is 62.9 Å². The highest BCUT2D eigenvalue weighted by atomic mass is 15.2. The van der Waals surface area contributed by atoms with Crippen molar-refractivity contribution in [1.29, 1.82) is 0 Å². The molecule has 1 aromatic rings. The van der Waals surface area contributed by atoms with Gasteiger partial charge < -0.3 is 5.73 Å². The molecule has 18 heavy (non-hydrogen) atoms. The van der Waals surface area contributed by atoms with Crippen LogP contribution in [0.25, 0.3) is 0 Å². The quantitative estimate of drug-likeness (QED) is 0.749. The predicted octanol–water partition coefficient (Wildman–Crippen LogP) is 2.60. The Morgan fingerprint density at radius 1 is 1.11 bits per heavy atom. The molecule has 0 aliphatic heterocycles. The second-order valence-corrected chi connectivity index (χ2v) is 5.36. The van der Waals surface area contributed by atoms with Crippen molar-refractivity contribution < 1.29 is 0 Å². The SMILES string of the molecule is CCCN(CCCCN)C1Cc2ccccc2C1. The summed E-state index contributed by atoms with van der Waals surface area (Å²) in [6.45, 7) is 5.54. The molecule has 0 heterocycles. The van der Waals surface area contributed by atoms with Gasteiger partial charge in [-0.25, -0.2) is 0 Å². The van der Waals surface area contributed by atoms with Crippen LogP contribution in [0.5, 0.6) is 0 Å². The highest BCUT2D eigenvalue weighted by Gasteiger charge is 2.25. The minimum absolute atomic E-state index is 0.722. The summed E-state index contributed by atoms with van der Waals surface area (Å²) in [6.07, 6.45) is 6.11. The molecule has 0 amide bonds. The van der Waals surface area contributed by atoms with Gasteiger partial charge >= 0.3 is 0 Å². The van der Waals surface area contributed by atoms with Crippen LogP contribution in [0, 0.1) is 0 Å². The van der Waals surface area contributed by atoms with E-state index in [1.807, 2.05) is 0 Å². The van der Waals surface area contributed by atoms with E-state index in [9.17, 15) is 0 Å². The minimum Gasteiger partial charge on any atom is -0.330 e. The summed E-state index contributed by atoms with van der Waals surface area (Å²) in [7, 11) is 0. The van der Waals surface area contributed by atoms with E-state index in [0.29, 0.717) is 0 Å². The Morgan fingerprint density at radius 2 is 1.78 bits per heavy atom. The molecule has 0 saturated carbocycles. The molecule has 100 valence electrons. The zero-order valence-electron chi connectivity index (χ0n) is 11.6. The standard InChI is InChI=1S/C16H26N2/c1-2-10-18(11-6-5-9-17)16-12-14-7-3-4-8-15(14)13-16/h3-4,7-8,16H,2,5-6,9-13,17H2,1H3. The Labute approximate surface area is 111 Å². The van der Waals surface area contributed by atoms with Crippen molar-refractivity contribution in [2.75, 3.05) is 19.6 Å². The van der Waals surface area contributed by atoms with Gasteiger partial charge in [-0.3, -0.25) is 4.90 Å². The van der Waals surface area contributed by atoms with E-state index in [1.165, 1.54) is 38.8 Å². The van der Waals surface area contributed by atoms with Gasteiger partial charge in [0.1, 0.15) is 0 Å². The maximum Gasteiger partial charge on any atom is 0.0176 e. The Balaban J connectivity index is 1.92. The number of nitrogens with two attached hydrogens (primary N) is 1. The Kier molecular flexibility index (Phi) is 5.21. The molecular formula is C16H26N2. The highest BCUT2D eigenvalue weighted by molar-refractivity contribution is 5.33. The third kappa shape index (κ3) is 3.33. The lowest BCUT2D eigenvalue weighted by molar-refractivity contribution is 0.198. The van der Waals surface area contributed by atoms with E-state index < -0.39 is 0 Å². The van der Waals surface area contributed by atoms with Crippen LogP contribution < -0.4 is 5.73 Å². The van der Waals surface area contributed by atoms with Crippen molar-refractivity contribution in [3.8, 4) is 0 Å². The topological polar surface area (TPSA) is 29.3 Å². The number of rotatable bonds is 7. The molecule has 2 heteroatoms. The number of hydrogen-bond acceptors (Lipinski definition) is 2. The van der Waals surface area contributed by atoms with Crippen molar-refractivity contribution in [1.82, 2.24) is 4.90 Å². The van der Waals surface area contributed by atoms with Gasteiger partial charge in [-0.15, -0.1) is 0 Å². The molecule has 1 aliphatic rings. The molecule has 1 aliphatic carbocycles. The third-order valence-electron chi connectivity index (χ3n) is 3.96. The van der Waals surface area contributed by atoms with Crippen LogP contribution in [0.4, 0.5) is 0 Å². The number of unbranched alkanes of at least 4 members (excludes halogenated alkanes) is 1. The number of nitrogens with zero attached hydrogens (tertiary/aromatic N) is 1. The first-order chi connectivity index (χ1) is 8.85. The van der Waals surface area contributed by atoms with Crippen LogP contribution in [-0.2, 0) is 12.8 Å². The predicted molar refractivity (Wildman–Crippen MR) is 77.8 cm³/mol. The molecule has 0 radical (unpaired) electrons. The largest absolute Gasteiger partial charge is 0.330 e. The van der Waals surface area contributed by atoms with E-state index >= 15 is 0 Å². The lowest BCUT2D eigenvalue weighted by atomic mass is 10.1. The van der Waals surface area contributed by atoms with Crippen molar-refractivity contribution in [3.63, 3.8) is 0 Å². The van der Waals surface area contributed by atoms with E-state index in [0.717, 1.165) is 19.0 Å². The molecule has 0 fully saturated rings. The number of benzene rings is 1. The zero-order chi connectivity index (χ0) is 12.8. The van der Waals surface area contributed by atoms with E-state index in [4.69, 9.17) is 5.73 Å². The van der Waals surface area contributed by atoms with Gasteiger partial charge in [0.25, 0.3) is 0 Å². The average Bonchev–Trinajstić information content (AvgIpc) is 2.81. The fourth-order valence-corrected chi connectivity index (χ4v) is 3.02. The van der Waals surface area contributed by atoms with Gasteiger partial charge in [0.2, 0.25) is 0 Å². The van der Waals surface area contributed by atoms with Gasteiger partial charge in [0.05, 0.1) is 0 Å². The van der Waals surface area contributed by atoms with Gasteiger partial charge in [-0.1, -0.05) is 31.2 Å². The molecule has 2 rings (SSSR count). The molecule has 1 aromatic carbocycles. The summed E-state index contributed by atoms with van der Waals surface area (Å²) < 4.78 is 0. The number of fused-ring (bicyclic) bond motifs is 1. The van der Waals surface area contributed by atoms with Crippen LogP contribution in [0.1, 0.15) is 37.3 Å². The summed E-state index contributed by atoms with van der Waals surface area (Å²) in [5, 5.41) is 0. The molecule has 0 bridgehead atoms. The Morgan fingerprint density at radius 3 is 2.33 bits per heavy atom. The van der Waals surface area contributed by atoms with Crippen molar-refractivity contribution in [2.24, 2.45) is 5.73 Å². The van der Waals surface area contributed by atoms with Gasteiger partial charge in [0, 0.05) is 6.04 Å². The fourth-order valence-electron chi connectivity index (χ4n) is 3.02. The van der Waals surface area contributed by atoms with E-state index in [1.54, 1.807) is 11.1 Å². The summed E-state index contributed by atoms with van der Waals surface area (Å²) >= 11 is 0. The van der Waals surface area contributed by atoms with Crippen LogP contribution in [0.3, 0.4) is 0 Å². The smallest absolute Gasteiger partial charge is 0.0176 e. The first-order valence-electron chi connectivity index (χ1n) is 7.36. The van der Waals surface area contributed by atoms with E-state index in [2.05, 4.69) is 36.1 Å². The van der Waals surface area contributed by atoms with Crippen molar-refractivity contribution in [3.05, 3.63) is 35.4 Å². The Bertz CT molecular complexity index is 337. The highest BCUT2D eigenvalue weighted by Crippen LogP contribution is 2.25. The summed E-state index contributed by atoms with van der Waals surface area (Å²) in [4.78, 5) is 2.68. The second kappa shape index (κ2) is 6.91. The summed E-state index contributed by atoms with van der Waals surface area (Å²) in [6, 6.07) is 9.64. The van der Waals surface area contributed by atoms with E-state index in [-0.39, 0.29) is 0 Å². The van der Waals surface area contributed by atoms with Crippen molar-refractivity contribution >= 4 is 0 Å². The maximum atomic E-state index is 5.59. The summed E-state index contributed by atoms with van der Waals surface area (Å²) in [5.74, 6) is 0. The van der Waals surface area contributed by atoms with Crippen LogP contribution >= 0.6 is 0 Å². The molecule has 0 aromatic heterocycles. The van der Waals surface area contributed by atoms with Gasteiger partial charge in [0.15, 0.2) is 0 Å². The normalized spacial score (nSPS) is 15.3. The minimum atomic E-state index is 0.722. The van der Waals surface area contributed by atoms with Crippen LogP contribution in [0.15, 0.2) is 24.3 Å². The fraction of sp³-hybridized carbons (Fsp3) is 0.625. The molecule has 0 atom stereocenters. The second-order valence-electron chi connectivity index (χ2n) is 5.36. The molecular weight excluding hydrogens is 220 g/mol. The zero-order valence-corrected chi connectivity index (χ0v) is 11.6. The molecule has 0 spiro atoms. The monoisotopic (exact) mass is 246 g/mol. The van der Waals surface area contributed by atoms with Crippen molar-refractivity contribution in [2.45, 2.75) is 45.1 Å². The maximum absolute atomic E-state index is 5.59. The van der Waals surface area contributed by atoms with Gasteiger partial charge in [-0.2, -0.15) is 0 Å². The molecule has 0 saturated heterocycles. The summed E-state index contributed by atoms with van der Waals surface area (Å²) in [5.41, 5.74) is 8.71. The molecule has 2 nitrogen and oxygen atoms in total. The Hall–Kier alpha value is -0.860. The molecule has 2 N–H and O–H groups in total. The lowest BCUT2D eigenvalue weighted by Gasteiger charge is -2.28. The lowest BCUT2D eigenvalue weighted by Crippen LogP contribution is -2.37. The first kappa shape index (κ1) is 13.6. The first-order valence-corrected chi connectivity index (χ1v) is 7.36. The van der Waals surface area contributed by atoms with Crippen LogP contribution in [0.2, 0.25) is 0 Å². The number of hydrogen-bond donors (Lipinski definition) is 1. The van der Waals surface area contributed by atoms with Crippen LogP contribution in [-0.4, -0.2) is 30.6 Å². The average molecular weight is 246 g/mol.